The van der Waals surface area contributed by atoms with Crippen LogP contribution in [0.1, 0.15) is 6.23 Å². The molecular formula is C15H21ClF2N6O11P2. The van der Waals surface area contributed by atoms with Crippen molar-refractivity contribution in [3.05, 3.63) is 16.7 Å². The molecule has 2 unspecified atom stereocenters. The van der Waals surface area contributed by atoms with Gasteiger partial charge in [0.1, 0.15) is 24.2 Å². The van der Waals surface area contributed by atoms with Gasteiger partial charge in [0.05, 0.1) is 19.5 Å². The highest BCUT2D eigenvalue weighted by Gasteiger charge is 2.66. The first-order valence-corrected chi connectivity index (χ1v) is 13.7. The molecule has 37 heavy (non-hydrogen) atoms. The number of nitrogen functional groups attached to an aromatic ring is 1. The minimum Gasteiger partial charge on any atom is -0.387 e. The molecule has 0 spiro atoms. The highest BCUT2D eigenvalue weighted by molar-refractivity contribution is 7.72. The number of amides is 1. The monoisotopic (exact) mass is 596 g/mol. The van der Waals surface area contributed by atoms with E-state index in [-0.39, 0.29) is 17.1 Å². The van der Waals surface area contributed by atoms with Crippen molar-refractivity contribution in [2.75, 3.05) is 31.4 Å². The fourth-order valence-corrected chi connectivity index (χ4v) is 5.84. The molecule has 208 valence electrons. The van der Waals surface area contributed by atoms with Gasteiger partial charge in [0.15, 0.2) is 17.4 Å². The molecule has 0 radical (unpaired) electrons. The summed E-state index contributed by atoms with van der Waals surface area (Å²) >= 11 is 5.20. The predicted octanol–water partition coefficient (Wildman–Crippen LogP) is -1.37. The largest absolute Gasteiger partial charge is 0.443 e. The first kappa shape index (κ1) is 29.5. The van der Waals surface area contributed by atoms with Gasteiger partial charge in [-0.15, -0.1) is 11.6 Å². The van der Waals surface area contributed by atoms with Crippen molar-refractivity contribution in [3.8, 4) is 0 Å². The second kappa shape index (κ2) is 11.0. The fraction of sp³-hybridized carbons (Fsp3) is 0.600. The Morgan fingerprint density at radius 1 is 1.30 bits per heavy atom. The zero-order valence-electron chi connectivity index (χ0n) is 18.3. The Morgan fingerprint density at radius 2 is 1.95 bits per heavy atom. The van der Waals surface area contributed by atoms with Crippen molar-refractivity contribution in [3.63, 3.8) is 0 Å². The molecule has 1 aliphatic rings. The number of nitrogens with one attached hydrogen (secondary N) is 2. The number of halogens is 3. The lowest BCUT2D eigenvalue weighted by Gasteiger charge is -2.26. The summed E-state index contributed by atoms with van der Waals surface area (Å²) in [6.07, 6.45) is -5.88. The number of alkyl halides is 3. The molecule has 22 heteroatoms. The minimum atomic E-state index is -6.27. The van der Waals surface area contributed by atoms with E-state index in [0.29, 0.717) is 0 Å². The van der Waals surface area contributed by atoms with Gasteiger partial charge in [-0.05, 0) is 0 Å². The number of rotatable bonds is 11. The van der Waals surface area contributed by atoms with Gasteiger partial charge in [0, 0.05) is 6.54 Å². The first-order chi connectivity index (χ1) is 17.1. The molecule has 0 aromatic carbocycles. The summed E-state index contributed by atoms with van der Waals surface area (Å²) in [7, 11) is -12.4. The average Bonchev–Trinajstić information content (AvgIpc) is 3.36. The number of aromatic amines is 1. The summed E-state index contributed by atoms with van der Waals surface area (Å²) in [4.78, 5) is 52.0. The standard InChI is InChI=1S/C15H21ClF2N6O11P2/c16-3-7(25)20-1-2-33-36(29,30)15(17,18)37(31,32)34-4-6-9(26)10(27)13(35-6)24-5-21-8-11(24)22-14(19)23-12(8)28/h5-6,9-10,13,26-27H,1-4H2,(H,20,25)(H,29,30)(H,31,32)(H3,19,22,23,28)/t6-,9-,10-,13-/m1/s1. The third-order valence-electron chi connectivity index (χ3n) is 4.97. The van der Waals surface area contributed by atoms with Crippen molar-refractivity contribution in [2.24, 2.45) is 0 Å². The van der Waals surface area contributed by atoms with Crippen LogP contribution in [-0.2, 0) is 27.7 Å². The molecule has 2 aromatic heterocycles. The van der Waals surface area contributed by atoms with E-state index in [9.17, 15) is 47.5 Å². The number of ether oxygens (including phenoxy) is 1. The molecule has 1 aliphatic heterocycles. The first-order valence-electron chi connectivity index (χ1n) is 10.0. The maximum absolute atomic E-state index is 14.4. The number of H-pyrrole nitrogens is 1. The van der Waals surface area contributed by atoms with Gasteiger partial charge < -0.3 is 44.8 Å². The van der Waals surface area contributed by atoms with Gasteiger partial charge in [0.2, 0.25) is 11.9 Å². The fourth-order valence-electron chi connectivity index (χ4n) is 3.12. The second-order valence-corrected chi connectivity index (χ2v) is 11.8. The van der Waals surface area contributed by atoms with Crippen LogP contribution in [0, 0.1) is 0 Å². The molecule has 2 aromatic rings. The Kier molecular flexibility index (Phi) is 8.75. The van der Waals surface area contributed by atoms with Gasteiger partial charge in [-0.3, -0.25) is 28.3 Å². The number of fused-ring (bicyclic) bond motifs is 1. The van der Waals surface area contributed by atoms with Crippen LogP contribution in [0.4, 0.5) is 14.7 Å². The smallest absolute Gasteiger partial charge is 0.387 e. The van der Waals surface area contributed by atoms with Crippen LogP contribution in [0.15, 0.2) is 11.1 Å². The molecule has 6 atom stereocenters. The number of imidazole rings is 1. The summed E-state index contributed by atoms with van der Waals surface area (Å²) in [5.41, 5.74) is 4.38. The lowest BCUT2D eigenvalue weighted by atomic mass is 10.1. The van der Waals surface area contributed by atoms with Gasteiger partial charge in [0.25, 0.3) is 5.56 Å². The second-order valence-electron chi connectivity index (χ2n) is 7.48. The maximum atomic E-state index is 14.4. The number of nitrogens with zero attached hydrogens (tertiary/aromatic N) is 3. The van der Waals surface area contributed by atoms with Crippen LogP contribution in [-0.4, -0.2) is 94.8 Å². The Labute approximate surface area is 209 Å². The zero-order valence-corrected chi connectivity index (χ0v) is 20.9. The van der Waals surface area contributed by atoms with Crippen molar-refractivity contribution in [2.45, 2.75) is 29.9 Å². The topological polar surface area (TPSA) is 261 Å². The van der Waals surface area contributed by atoms with Crippen molar-refractivity contribution in [1.82, 2.24) is 24.8 Å². The third kappa shape index (κ3) is 5.85. The molecule has 17 nitrogen and oxygen atoms in total. The number of aromatic nitrogens is 4. The Balaban J connectivity index is 1.69. The number of nitrogens with two attached hydrogens (primary N) is 1. The van der Waals surface area contributed by atoms with Crippen LogP contribution in [0.2, 0.25) is 0 Å². The molecule has 1 amide bonds. The van der Waals surface area contributed by atoms with Crippen molar-refractivity contribution < 1.29 is 56.5 Å². The van der Waals surface area contributed by atoms with Crippen LogP contribution in [0.25, 0.3) is 11.2 Å². The summed E-state index contributed by atoms with van der Waals surface area (Å²) in [6.45, 7) is -2.71. The zero-order chi connectivity index (χ0) is 27.8. The average molecular weight is 597 g/mol. The molecule has 1 fully saturated rings. The van der Waals surface area contributed by atoms with Crippen LogP contribution in [0.5, 0.6) is 0 Å². The quantitative estimate of drug-likeness (QED) is 0.0897. The van der Waals surface area contributed by atoms with Crippen LogP contribution < -0.4 is 16.6 Å². The number of carbonyl (C=O) groups is 1. The van der Waals surface area contributed by atoms with Gasteiger partial charge in [-0.1, -0.05) is 0 Å². The Bertz CT molecular complexity index is 1310. The molecule has 0 aliphatic carbocycles. The van der Waals surface area contributed by atoms with E-state index >= 15 is 0 Å². The summed E-state index contributed by atoms with van der Waals surface area (Å²) < 4.78 is 67.7. The van der Waals surface area contributed by atoms with Crippen molar-refractivity contribution in [1.29, 1.82) is 0 Å². The van der Waals surface area contributed by atoms with Gasteiger partial charge in [-0.25, -0.2) is 4.98 Å². The maximum Gasteiger partial charge on any atom is 0.443 e. The van der Waals surface area contributed by atoms with E-state index in [0.717, 1.165) is 10.9 Å². The van der Waals surface area contributed by atoms with E-state index in [1.54, 1.807) is 0 Å². The molecule has 0 saturated carbocycles. The Hall–Kier alpha value is -2.05. The number of hydrogen-bond donors (Lipinski definition) is 7. The molecule has 3 heterocycles. The van der Waals surface area contributed by atoms with E-state index in [4.69, 9.17) is 22.1 Å². The predicted molar refractivity (Wildman–Crippen MR) is 119 cm³/mol. The number of aliphatic hydroxyl groups is 2. The van der Waals surface area contributed by atoms with Crippen molar-refractivity contribution >= 4 is 49.8 Å². The highest BCUT2D eigenvalue weighted by Crippen LogP contribution is 2.75. The number of anilines is 1. The van der Waals surface area contributed by atoms with E-state index in [2.05, 4.69) is 29.3 Å². The summed E-state index contributed by atoms with van der Waals surface area (Å²) in [6, 6.07) is 0. The lowest BCUT2D eigenvalue weighted by Crippen LogP contribution is -2.34. The molecule has 3 rings (SSSR count). The van der Waals surface area contributed by atoms with Crippen LogP contribution in [0.3, 0.4) is 0 Å². The molecule has 8 N–H and O–H groups in total. The Morgan fingerprint density at radius 3 is 2.59 bits per heavy atom. The third-order valence-corrected chi connectivity index (χ3v) is 9.12. The molecular weight excluding hydrogens is 576 g/mol. The number of aliphatic hydroxyl groups excluding tert-OH is 2. The molecule has 1 saturated heterocycles. The number of carbonyl (C=O) groups excluding carboxylic acids is 1. The van der Waals surface area contributed by atoms with Gasteiger partial charge in [-0.2, -0.15) is 13.8 Å². The summed E-state index contributed by atoms with van der Waals surface area (Å²) in [5, 5.41) is 17.3. The van der Waals surface area contributed by atoms with Crippen LogP contribution >= 0.6 is 26.8 Å². The number of hydrogen-bond acceptors (Lipinski definition) is 12. The minimum absolute atomic E-state index is 0.168. The van der Waals surface area contributed by atoms with Gasteiger partial charge >= 0.3 is 20.6 Å². The lowest BCUT2D eigenvalue weighted by molar-refractivity contribution is -0.118. The molecule has 0 bridgehead atoms. The SMILES string of the molecule is Nc1nc2c(ncn2[C@@H]2O[C@H](COP(=O)(O)C(F)(F)P(=O)(O)OCCNC(=O)CCl)[C@@H](O)[C@H]2O)c(=O)[nH]1. The highest BCUT2D eigenvalue weighted by atomic mass is 35.5. The normalized spacial score (nSPS) is 25.6. The summed E-state index contributed by atoms with van der Waals surface area (Å²) in [5.74, 6) is -1.52. The van der Waals surface area contributed by atoms with E-state index in [1.165, 1.54) is 0 Å². The van der Waals surface area contributed by atoms with E-state index < -0.39 is 82.2 Å². The van der Waals surface area contributed by atoms with E-state index in [1.807, 2.05) is 0 Å².